The molecule has 0 unspecified atom stereocenters. The number of aromatic nitrogens is 3. The van der Waals surface area contributed by atoms with Crippen molar-refractivity contribution in [2.75, 3.05) is 44.2 Å². The number of hydrogen-bond acceptors (Lipinski definition) is 6. The van der Waals surface area contributed by atoms with E-state index in [0.29, 0.717) is 15.9 Å². The van der Waals surface area contributed by atoms with Crippen LogP contribution in [0, 0.1) is 6.92 Å². The molecule has 168 valence electrons. The second-order valence-electron chi connectivity index (χ2n) is 7.59. The molecule has 1 aliphatic rings. The predicted octanol–water partition coefficient (Wildman–Crippen LogP) is 4.26. The van der Waals surface area contributed by atoms with Gasteiger partial charge in [0.25, 0.3) is 0 Å². The Morgan fingerprint density at radius 2 is 1.84 bits per heavy atom. The molecule has 0 N–H and O–H groups in total. The largest absolute Gasteiger partial charge is 0.339 e. The number of rotatable bonds is 8. The zero-order valence-electron chi connectivity index (χ0n) is 18.0. The van der Waals surface area contributed by atoms with E-state index < -0.39 is 0 Å². The molecule has 0 saturated carbocycles. The zero-order valence-corrected chi connectivity index (χ0v) is 20.4. The molecule has 3 aromatic rings. The van der Waals surface area contributed by atoms with Crippen LogP contribution in [0.2, 0.25) is 5.02 Å². The third-order valence-corrected chi connectivity index (χ3v) is 7.75. The average molecular weight is 488 g/mol. The lowest BCUT2D eigenvalue weighted by Crippen LogP contribution is -2.49. The molecule has 0 spiro atoms. The molecule has 1 aliphatic heterocycles. The molecule has 1 saturated heterocycles. The fourth-order valence-corrected chi connectivity index (χ4v) is 5.42. The summed E-state index contributed by atoms with van der Waals surface area (Å²) in [4.78, 5) is 18.4. The molecular weight excluding hydrogens is 462 g/mol. The quantitative estimate of drug-likeness (QED) is 0.442. The van der Waals surface area contributed by atoms with Crippen molar-refractivity contribution in [2.24, 2.45) is 0 Å². The van der Waals surface area contributed by atoms with Crippen molar-refractivity contribution in [3.05, 3.63) is 65.4 Å². The van der Waals surface area contributed by atoms with Crippen molar-refractivity contribution in [3.63, 3.8) is 0 Å². The number of nitrogens with zero attached hydrogens (tertiary/aromatic N) is 5. The Bertz CT molecular complexity index is 1040. The summed E-state index contributed by atoms with van der Waals surface area (Å²) in [5.74, 6) is 1.55. The summed E-state index contributed by atoms with van der Waals surface area (Å²) in [5, 5.41) is 9.59. The van der Waals surface area contributed by atoms with Crippen molar-refractivity contribution >= 4 is 41.0 Å². The van der Waals surface area contributed by atoms with E-state index in [1.807, 2.05) is 52.4 Å². The SMILES string of the molecule is Cc1ccc(-n2cnnc2SCC(=O)N2CCN(CCSc3ccccc3)CC2)cc1Cl. The average Bonchev–Trinajstić information content (AvgIpc) is 3.29. The number of carbonyl (C=O) groups is 1. The van der Waals surface area contributed by atoms with E-state index in [0.717, 1.165) is 49.7 Å². The highest BCUT2D eigenvalue weighted by atomic mass is 35.5. The fourth-order valence-electron chi connectivity index (χ4n) is 3.48. The summed E-state index contributed by atoms with van der Waals surface area (Å²) in [6.07, 6.45) is 1.65. The summed E-state index contributed by atoms with van der Waals surface area (Å²) in [5.41, 5.74) is 1.91. The topological polar surface area (TPSA) is 54.3 Å². The van der Waals surface area contributed by atoms with E-state index in [-0.39, 0.29) is 5.91 Å². The highest BCUT2D eigenvalue weighted by molar-refractivity contribution is 7.99. The molecule has 6 nitrogen and oxygen atoms in total. The fraction of sp³-hybridized carbons (Fsp3) is 0.348. The number of carbonyl (C=O) groups excluding carboxylic acids is 1. The van der Waals surface area contributed by atoms with Gasteiger partial charge in [0, 0.05) is 48.4 Å². The second kappa shape index (κ2) is 11.2. The maximum atomic E-state index is 12.7. The Balaban J connectivity index is 1.22. The predicted molar refractivity (Wildman–Crippen MR) is 132 cm³/mol. The normalized spacial score (nSPS) is 14.6. The standard InChI is InChI=1S/C23H26ClN5OS2/c1-18-7-8-19(15-21(18)24)29-17-25-26-23(29)32-16-22(30)28-11-9-27(10-12-28)13-14-31-20-5-3-2-4-6-20/h2-8,15,17H,9-14,16H2,1H3. The van der Waals surface area contributed by atoms with Crippen LogP contribution in [-0.4, -0.2) is 74.7 Å². The monoisotopic (exact) mass is 487 g/mol. The Morgan fingerprint density at radius 3 is 2.59 bits per heavy atom. The van der Waals surface area contributed by atoms with Gasteiger partial charge in [-0.2, -0.15) is 0 Å². The summed E-state index contributed by atoms with van der Waals surface area (Å²) >= 11 is 9.55. The van der Waals surface area contributed by atoms with Gasteiger partial charge in [-0.3, -0.25) is 14.3 Å². The van der Waals surface area contributed by atoms with Crippen molar-refractivity contribution in [2.45, 2.75) is 17.0 Å². The second-order valence-corrected chi connectivity index (χ2v) is 10.1. The van der Waals surface area contributed by atoms with Crippen molar-refractivity contribution < 1.29 is 4.79 Å². The number of piperazine rings is 1. The minimum atomic E-state index is 0.143. The van der Waals surface area contributed by atoms with Crippen LogP contribution in [0.1, 0.15) is 5.56 Å². The number of hydrogen-bond donors (Lipinski definition) is 0. The Kier molecular flexibility index (Phi) is 8.13. The number of amides is 1. The third kappa shape index (κ3) is 6.07. The highest BCUT2D eigenvalue weighted by Gasteiger charge is 2.21. The molecule has 0 bridgehead atoms. The van der Waals surface area contributed by atoms with Gasteiger partial charge >= 0.3 is 0 Å². The Labute approximate surface area is 202 Å². The van der Waals surface area contributed by atoms with Crippen LogP contribution in [0.3, 0.4) is 0 Å². The van der Waals surface area contributed by atoms with Crippen LogP contribution in [0.4, 0.5) is 0 Å². The first kappa shape index (κ1) is 23.2. The van der Waals surface area contributed by atoms with Gasteiger partial charge in [0.05, 0.1) is 11.4 Å². The van der Waals surface area contributed by atoms with Gasteiger partial charge in [0.2, 0.25) is 5.91 Å². The van der Waals surface area contributed by atoms with Gasteiger partial charge in [-0.25, -0.2) is 0 Å². The van der Waals surface area contributed by atoms with E-state index in [1.54, 1.807) is 6.33 Å². The van der Waals surface area contributed by atoms with E-state index in [4.69, 9.17) is 11.6 Å². The first-order valence-electron chi connectivity index (χ1n) is 10.6. The van der Waals surface area contributed by atoms with E-state index in [2.05, 4.69) is 39.4 Å². The van der Waals surface area contributed by atoms with Gasteiger partial charge in [0.15, 0.2) is 5.16 Å². The maximum absolute atomic E-state index is 12.7. The molecule has 9 heteroatoms. The van der Waals surface area contributed by atoms with Crippen molar-refractivity contribution in [1.82, 2.24) is 24.6 Å². The first-order chi connectivity index (χ1) is 15.6. The molecule has 32 heavy (non-hydrogen) atoms. The third-order valence-electron chi connectivity index (χ3n) is 5.42. The number of halogens is 1. The minimum Gasteiger partial charge on any atom is -0.339 e. The van der Waals surface area contributed by atoms with E-state index in [1.165, 1.54) is 16.7 Å². The van der Waals surface area contributed by atoms with Gasteiger partial charge < -0.3 is 4.90 Å². The Hall–Kier alpha value is -2.00. The molecule has 1 amide bonds. The van der Waals surface area contributed by atoms with E-state index >= 15 is 0 Å². The summed E-state index contributed by atoms with van der Waals surface area (Å²) in [6, 6.07) is 16.3. The summed E-state index contributed by atoms with van der Waals surface area (Å²) in [6.45, 7) is 6.39. The molecule has 1 fully saturated rings. The lowest BCUT2D eigenvalue weighted by atomic mass is 10.2. The van der Waals surface area contributed by atoms with Crippen LogP contribution in [0.25, 0.3) is 5.69 Å². The maximum Gasteiger partial charge on any atom is 0.233 e. The molecule has 2 aromatic carbocycles. The van der Waals surface area contributed by atoms with E-state index in [9.17, 15) is 4.79 Å². The van der Waals surface area contributed by atoms with Crippen LogP contribution in [0.5, 0.6) is 0 Å². The van der Waals surface area contributed by atoms with Crippen LogP contribution < -0.4 is 0 Å². The van der Waals surface area contributed by atoms with Gasteiger partial charge in [0.1, 0.15) is 6.33 Å². The molecular formula is C23H26ClN5OS2. The van der Waals surface area contributed by atoms with Gasteiger partial charge in [-0.1, -0.05) is 47.6 Å². The molecule has 4 rings (SSSR count). The van der Waals surface area contributed by atoms with Crippen LogP contribution in [-0.2, 0) is 4.79 Å². The molecule has 0 radical (unpaired) electrons. The lowest BCUT2D eigenvalue weighted by Gasteiger charge is -2.34. The molecule has 0 aliphatic carbocycles. The lowest BCUT2D eigenvalue weighted by molar-refractivity contribution is -0.130. The molecule has 0 atom stereocenters. The van der Waals surface area contributed by atoms with Crippen LogP contribution in [0.15, 0.2) is 64.9 Å². The van der Waals surface area contributed by atoms with Gasteiger partial charge in [-0.15, -0.1) is 22.0 Å². The Morgan fingerprint density at radius 1 is 1.06 bits per heavy atom. The smallest absolute Gasteiger partial charge is 0.233 e. The number of benzene rings is 2. The number of aryl methyl sites for hydroxylation is 1. The van der Waals surface area contributed by atoms with Crippen molar-refractivity contribution in [3.8, 4) is 5.69 Å². The van der Waals surface area contributed by atoms with Gasteiger partial charge in [-0.05, 0) is 36.8 Å². The van der Waals surface area contributed by atoms with Crippen LogP contribution >= 0.6 is 35.1 Å². The summed E-state index contributed by atoms with van der Waals surface area (Å²) < 4.78 is 1.87. The number of thioether (sulfide) groups is 2. The minimum absolute atomic E-state index is 0.143. The molecule has 1 aromatic heterocycles. The summed E-state index contributed by atoms with van der Waals surface area (Å²) in [7, 11) is 0. The van der Waals surface area contributed by atoms with Crippen molar-refractivity contribution in [1.29, 1.82) is 0 Å². The zero-order chi connectivity index (χ0) is 22.3. The first-order valence-corrected chi connectivity index (χ1v) is 12.9. The highest BCUT2D eigenvalue weighted by Crippen LogP contribution is 2.24. The molecule has 2 heterocycles.